The van der Waals surface area contributed by atoms with E-state index in [-0.39, 0.29) is 11.2 Å². The molecule has 82 valence electrons. The Bertz CT molecular complexity index is 421. The van der Waals surface area contributed by atoms with Gasteiger partial charge in [-0.2, -0.15) is 0 Å². The van der Waals surface area contributed by atoms with Crippen LogP contribution in [0.15, 0.2) is 15.7 Å². The number of H-pyrrole nitrogens is 1. The van der Waals surface area contributed by atoms with Crippen LogP contribution in [0.2, 0.25) is 0 Å². The maximum absolute atomic E-state index is 11.4. The second kappa shape index (κ2) is 4.04. The average molecular weight is 208 g/mol. The fourth-order valence-electron chi connectivity index (χ4n) is 2.21. The summed E-state index contributed by atoms with van der Waals surface area (Å²) in [5.74, 6) is 0.375. The molecule has 0 bridgehead atoms. The Morgan fingerprint density at radius 1 is 1.27 bits per heavy atom. The van der Waals surface area contributed by atoms with E-state index in [1.807, 2.05) is 0 Å². The number of aromatic nitrogens is 2. The normalized spacial score (nSPS) is 17.9. The zero-order valence-corrected chi connectivity index (χ0v) is 8.95. The molecule has 1 fully saturated rings. The van der Waals surface area contributed by atoms with Gasteiger partial charge in [0.15, 0.2) is 0 Å². The lowest BCUT2D eigenvalue weighted by atomic mass is 9.87. The van der Waals surface area contributed by atoms with Crippen molar-refractivity contribution in [2.75, 3.05) is 0 Å². The summed E-state index contributed by atoms with van der Waals surface area (Å²) in [6.45, 7) is 0. The minimum absolute atomic E-state index is 0.209. The van der Waals surface area contributed by atoms with Crippen LogP contribution in [0, 0.1) is 0 Å². The molecule has 1 aliphatic rings. The summed E-state index contributed by atoms with van der Waals surface area (Å²) in [6, 6.07) is 1.57. The van der Waals surface area contributed by atoms with E-state index in [4.69, 9.17) is 0 Å². The third-order valence-electron chi connectivity index (χ3n) is 3.21. The first-order chi connectivity index (χ1) is 7.18. The minimum atomic E-state index is -0.303. The Labute approximate surface area is 88.0 Å². The lowest BCUT2D eigenvalue weighted by Crippen LogP contribution is -2.33. The van der Waals surface area contributed by atoms with E-state index >= 15 is 0 Å². The Morgan fingerprint density at radius 3 is 2.53 bits per heavy atom. The number of rotatable bonds is 1. The van der Waals surface area contributed by atoms with Crippen molar-refractivity contribution in [1.82, 2.24) is 9.55 Å². The van der Waals surface area contributed by atoms with Crippen molar-refractivity contribution in [1.29, 1.82) is 0 Å². The summed E-state index contributed by atoms with van der Waals surface area (Å²) >= 11 is 0. The molecule has 4 heteroatoms. The first-order valence-corrected chi connectivity index (χ1v) is 5.49. The molecule has 0 aromatic carbocycles. The summed E-state index contributed by atoms with van der Waals surface area (Å²) in [5, 5.41) is 0. The lowest BCUT2D eigenvalue weighted by molar-refractivity contribution is 0.433. The number of hydrogen-bond acceptors (Lipinski definition) is 2. The van der Waals surface area contributed by atoms with Gasteiger partial charge < -0.3 is 4.98 Å². The van der Waals surface area contributed by atoms with E-state index in [1.54, 1.807) is 6.07 Å². The Morgan fingerprint density at radius 2 is 1.93 bits per heavy atom. The molecule has 0 atom stereocenters. The predicted octanol–water partition coefficient (Wildman–Crippen LogP) is 1.12. The van der Waals surface area contributed by atoms with E-state index < -0.39 is 0 Å². The zero-order chi connectivity index (χ0) is 10.8. The molecule has 1 N–H and O–H groups in total. The van der Waals surface area contributed by atoms with Gasteiger partial charge in [-0.1, -0.05) is 19.3 Å². The van der Waals surface area contributed by atoms with Gasteiger partial charge >= 0.3 is 5.69 Å². The highest BCUT2D eigenvalue weighted by Gasteiger charge is 2.17. The molecule has 4 nitrogen and oxygen atoms in total. The van der Waals surface area contributed by atoms with E-state index in [9.17, 15) is 9.59 Å². The maximum Gasteiger partial charge on any atom is 0.328 e. The lowest BCUT2D eigenvalue weighted by Gasteiger charge is -2.21. The summed E-state index contributed by atoms with van der Waals surface area (Å²) < 4.78 is 1.10. The molecule has 0 saturated heterocycles. The second-order valence-electron chi connectivity index (χ2n) is 4.26. The van der Waals surface area contributed by atoms with Crippen molar-refractivity contribution in [3.05, 3.63) is 32.6 Å². The van der Waals surface area contributed by atoms with Crippen molar-refractivity contribution in [2.24, 2.45) is 7.05 Å². The van der Waals surface area contributed by atoms with Crippen molar-refractivity contribution in [3.8, 4) is 0 Å². The third kappa shape index (κ3) is 2.03. The highest BCUT2D eigenvalue weighted by molar-refractivity contribution is 5.07. The molecule has 1 saturated carbocycles. The number of aromatic amines is 1. The summed E-state index contributed by atoms with van der Waals surface area (Å²) in [6.07, 6.45) is 5.83. The van der Waals surface area contributed by atoms with Gasteiger partial charge in [-0.3, -0.25) is 9.36 Å². The molecular formula is C11H16N2O2. The van der Waals surface area contributed by atoms with Crippen molar-refractivity contribution < 1.29 is 0 Å². The topological polar surface area (TPSA) is 54.9 Å². The van der Waals surface area contributed by atoms with Gasteiger partial charge in [0.1, 0.15) is 0 Å². The summed E-state index contributed by atoms with van der Waals surface area (Å²) in [4.78, 5) is 25.7. The van der Waals surface area contributed by atoms with Gasteiger partial charge in [0, 0.05) is 18.8 Å². The Kier molecular flexibility index (Phi) is 2.75. The standard InChI is InChI=1S/C11H16N2O2/c1-13-10(14)7-9(12-11(13)15)8-5-3-2-4-6-8/h7-8H,2-6H2,1H3,(H,12,15). The largest absolute Gasteiger partial charge is 0.328 e. The van der Waals surface area contributed by atoms with Gasteiger partial charge in [-0.15, -0.1) is 0 Å². The van der Waals surface area contributed by atoms with Crippen molar-refractivity contribution >= 4 is 0 Å². The van der Waals surface area contributed by atoms with Crippen LogP contribution in [0.1, 0.15) is 43.7 Å². The van der Waals surface area contributed by atoms with E-state index in [2.05, 4.69) is 4.98 Å². The van der Waals surface area contributed by atoms with Gasteiger partial charge in [-0.05, 0) is 18.8 Å². The SMILES string of the molecule is Cn1c(=O)cc(C2CCCCC2)[nH]c1=O. The zero-order valence-electron chi connectivity index (χ0n) is 8.95. The van der Waals surface area contributed by atoms with E-state index in [0.717, 1.165) is 23.1 Å². The number of nitrogens with one attached hydrogen (secondary N) is 1. The number of hydrogen-bond donors (Lipinski definition) is 1. The van der Waals surface area contributed by atoms with Crippen LogP contribution in [0.4, 0.5) is 0 Å². The highest BCUT2D eigenvalue weighted by atomic mass is 16.2. The summed E-state index contributed by atoms with van der Waals surface area (Å²) in [5.41, 5.74) is 0.310. The first kappa shape index (κ1) is 10.2. The predicted molar refractivity (Wildman–Crippen MR) is 58.1 cm³/mol. The van der Waals surface area contributed by atoms with Crippen molar-refractivity contribution in [2.45, 2.75) is 38.0 Å². The molecule has 1 aliphatic carbocycles. The summed E-state index contributed by atoms with van der Waals surface area (Å²) in [7, 11) is 1.49. The smallest absolute Gasteiger partial charge is 0.311 e. The van der Waals surface area contributed by atoms with Crippen LogP contribution in [-0.4, -0.2) is 9.55 Å². The third-order valence-corrected chi connectivity index (χ3v) is 3.21. The van der Waals surface area contributed by atoms with Crippen LogP contribution in [0.25, 0.3) is 0 Å². The highest BCUT2D eigenvalue weighted by Crippen LogP contribution is 2.30. The fourth-order valence-corrected chi connectivity index (χ4v) is 2.21. The average Bonchev–Trinajstić information content (AvgIpc) is 2.26. The molecule has 1 aromatic rings. The Balaban J connectivity index is 2.36. The van der Waals surface area contributed by atoms with Crippen LogP contribution in [0.5, 0.6) is 0 Å². The quantitative estimate of drug-likeness (QED) is 0.752. The van der Waals surface area contributed by atoms with Gasteiger partial charge in [-0.25, -0.2) is 4.79 Å². The minimum Gasteiger partial charge on any atom is -0.311 e. The van der Waals surface area contributed by atoms with E-state index in [1.165, 1.54) is 26.3 Å². The molecule has 1 heterocycles. The second-order valence-corrected chi connectivity index (χ2v) is 4.26. The van der Waals surface area contributed by atoms with Crippen LogP contribution in [-0.2, 0) is 7.05 Å². The molecule has 0 amide bonds. The molecule has 15 heavy (non-hydrogen) atoms. The molecule has 2 rings (SSSR count). The van der Waals surface area contributed by atoms with Gasteiger partial charge in [0.2, 0.25) is 0 Å². The first-order valence-electron chi connectivity index (χ1n) is 5.49. The molecule has 1 aromatic heterocycles. The molecular weight excluding hydrogens is 192 g/mol. The Hall–Kier alpha value is -1.32. The molecule has 0 radical (unpaired) electrons. The molecule has 0 aliphatic heterocycles. The van der Waals surface area contributed by atoms with Crippen LogP contribution in [0.3, 0.4) is 0 Å². The molecule has 0 spiro atoms. The fraction of sp³-hybridized carbons (Fsp3) is 0.636. The van der Waals surface area contributed by atoms with Crippen molar-refractivity contribution in [3.63, 3.8) is 0 Å². The van der Waals surface area contributed by atoms with Crippen LogP contribution < -0.4 is 11.2 Å². The molecule has 0 unspecified atom stereocenters. The monoisotopic (exact) mass is 208 g/mol. The maximum atomic E-state index is 11.4. The van der Waals surface area contributed by atoms with Gasteiger partial charge in [0.05, 0.1) is 0 Å². The van der Waals surface area contributed by atoms with Crippen LogP contribution >= 0.6 is 0 Å². The van der Waals surface area contributed by atoms with Gasteiger partial charge in [0.25, 0.3) is 5.56 Å². The number of nitrogens with zero attached hydrogens (tertiary/aromatic N) is 1. The van der Waals surface area contributed by atoms with E-state index in [0.29, 0.717) is 5.92 Å².